The number of nitrogens with zero attached hydrogens (tertiary/aromatic N) is 1. The fraction of sp³-hybridized carbons (Fsp3) is 0.857. The normalized spacial score (nSPS) is 26.9. The number of carboxylic acid groups (broad SMARTS) is 1. The number of fused-ring (bicyclic) bond motifs is 1. The average Bonchev–Trinajstić information content (AvgIpc) is 2.78. The Morgan fingerprint density at radius 2 is 1.89 bits per heavy atom. The van der Waals surface area contributed by atoms with Gasteiger partial charge in [-0.25, -0.2) is 0 Å². The molecule has 0 spiro atoms. The van der Waals surface area contributed by atoms with E-state index in [0.29, 0.717) is 31.3 Å². The van der Waals surface area contributed by atoms with Crippen LogP contribution in [-0.4, -0.2) is 47.1 Å². The summed E-state index contributed by atoms with van der Waals surface area (Å²) in [7, 11) is 0. The lowest BCUT2D eigenvalue weighted by Crippen LogP contribution is -2.46. The molecule has 1 amide bonds. The van der Waals surface area contributed by atoms with E-state index in [-0.39, 0.29) is 12.3 Å². The fourth-order valence-electron chi connectivity index (χ4n) is 3.26. The van der Waals surface area contributed by atoms with Gasteiger partial charge in [0.05, 0.1) is 0 Å². The first-order chi connectivity index (χ1) is 9.16. The second kappa shape index (κ2) is 6.89. The van der Waals surface area contributed by atoms with Crippen LogP contribution in [0.1, 0.15) is 51.4 Å². The predicted octanol–water partition coefficient (Wildman–Crippen LogP) is 1.37. The molecule has 0 aromatic heterocycles. The SMILES string of the molecule is O=C(O)CCCCC(=O)NC1CCN2CCCCC12. The third-order valence-corrected chi connectivity index (χ3v) is 4.25. The summed E-state index contributed by atoms with van der Waals surface area (Å²) < 4.78 is 0. The summed E-state index contributed by atoms with van der Waals surface area (Å²) >= 11 is 0. The van der Waals surface area contributed by atoms with Crippen molar-refractivity contribution < 1.29 is 14.7 Å². The van der Waals surface area contributed by atoms with Gasteiger partial charge in [-0.15, -0.1) is 0 Å². The van der Waals surface area contributed by atoms with E-state index in [0.717, 1.165) is 13.0 Å². The van der Waals surface area contributed by atoms with Crippen molar-refractivity contribution >= 4 is 11.9 Å². The number of nitrogens with one attached hydrogen (secondary N) is 1. The highest BCUT2D eigenvalue weighted by molar-refractivity contribution is 5.76. The van der Waals surface area contributed by atoms with Crippen molar-refractivity contribution in [1.82, 2.24) is 10.2 Å². The summed E-state index contributed by atoms with van der Waals surface area (Å²) in [5.74, 6) is -0.697. The molecule has 2 saturated heterocycles. The quantitative estimate of drug-likeness (QED) is 0.714. The number of amides is 1. The van der Waals surface area contributed by atoms with Crippen molar-refractivity contribution in [2.45, 2.75) is 63.5 Å². The largest absolute Gasteiger partial charge is 0.481 e. The van der Waals surface area contributed by atoms with Gasteiger partial charge in [0.1, 0.15) is 0 Å². The zero-order chi connectivity index (χ0) is 13.7. The van der Waals surface area contributed by atoms with E-state index in [4.69, 9.17) is 5.11 Å². The van der Waals surface area contributed by atoms with Crippen LogP contribution in [0.5, 0.6) is 0 Å². The molecule has 2 aliphatic rings. The van der Waals surface area contributed by atoms with Crippen LogP contribution in [0.2, 0.25) is 0 Å². The first kappa shape index (κ1) is 14.3. The van der Waals surface area contributed by atoms with Crippen LogP contribution < -0.4 is 5.32 Å². The van der Waals surface area contributed by atoms with Crippen LogP contribution in [0.25, 0.3) is 0 Å². The lowest BCUT2D eigenvalue weighted by atomic mass is 9.99. The second-order valence-electron chi connectivity index (χ2n) is 5.66. The van der Waals surface area contributed by atoms with Crippen molar-refractivity contribution in [3.63, 3.8) is 0 Å². The van der Waals surface area contributed by atoms with E-state index in [1.165, 1.54) is 25.8 Å². The minimum Gasteiger partial charge on any atom is -0.481 e. The Bertz CT molecular complexity index is 333. The number of aliphatic carboxylic acids is 1. The van der Waals surface area contributed by atoms with Crippen LogP contribution in [0, 0.1) is 0 Å². The van der Waals surface area contributed by atoms with E-state index in [1.54, 1.807) is 0 Å². The second-order valence-corrected chi connectivity index (χ2v) is 5.66. The summed E-state index contributed by atoms with van der Waals surface area (Å²) in [6.07, 6.45) is 6.68. The zero-order valence-corrected chi connectivity index (χ0v) is 11.4. The lowest BCUT2D eigenvalue weighted by Gasteiger charge is -2.32. The molecule has 2 rings (SSSR count). The van der Waals surface area contributed by atoms with Crippen LogP contribution in [-0.2, 0) is 9.59 Å². The van der Waals surface area contributed by atoms with Gasteiger partial charge < -0.3 is 10.4 Å². The molecule has 5 heteroatoms. The maximum atomic E-state index is 11.8. The Labute approximate surface area is 114 Å². The van der Waals surface area contributed by atoms with Crippen LogP contribution in [0.15, 0.2) is 0 Å². The number of carboxylic acids is 1. The minimum absolute atomic E-state index is 0.0859. The van der Waals surface area contributed by atoms with Gasteiger partial charge in [-0.3, -0.25) is 14.5 Å². The number of hydrogen-bond donors (Lipinski definition) is 2. The molecule has 2 heterocycles. The van der Waals surface area contributed by atoms with Crippen molar-refractivity contribution in [1.29, 1.82) is 0 Å². The molecule has 0 bridgehead atoms. The molecule has 2 unspecified atom stereocenters. The average molecular weight is 268 g/mol. The Morgan fingerprint density at radius 1 is 1.11 bits per heavy atom. The summed E-state index contributed by atoms with van der Waals surface area (Å²) in [4.78, 5) is 24.7. The van der Waals surface area contributed by atoms with E-state index in [9.17, 15) is 9.59 Å². The monoisotopic (exact) mass is 268 g/mol. The standard InChI is InChI=1S/C14H24N2O3/c17-13(6-1-2-7-14(18)19)15-11-8-10-16-9-4-3-5-12(11)16/h11-12H,1-10H2,(H,15,17)(H,18,19). The molecule has 0 aromatic rings. The van der Waals surface area contributed by atoms with Gasteiger partial charge in [-0.2, -0.15) is 0 Å². The van der Waals surface area contributed by atoms with E-state index in [2.05, 4.69) is 10.2 Å². The first-order valence-electron chi connectivity index (χ1n) is 7.42. The van der Waals surface area contributed by atoms with Gasteiger partial charge >= 0.3 is 5.97 Å². The van der Waals surface area contributed by atoms with Crippen LogP contribution >= 0.6 is 0 Å². The van der Waals surface area contributed by atoms with Gasteiger partial charge in [0.15, 0.2) is 0 Å². The molecule has 2 atom stereocenters. The van der Waals surface area contributed by atoms with Gasteiger partial charge in [0, 0.05) is 31.5 Å². The molecular weight excluding hydrogens is 244 g/mol. The number of carbonyl (C=O) groups is 2. The first-order valence-corrected chi connectivity index (χ1v) is 7.42. The third-order valence-electron chi connectivity index (χ3n) is 4.25. The summed E-state index contributed by atoms with van der Waals surface area (Å²) in [5, 5.41) is 11.7. The summed E-state index contributed by atoms with van der Waals surface area (Å²) in [6.45, 7) is 2.28. The molecule has 108 valence electrons. The summed E-state index contributed by atoms with van der Waals surface area (Å²) in [6, 6.07) is 0.851. The highest BCUT2D eigenvalue weighted by Gasteiger charge is 2.35. The van der Waals surface area contributed by atoms with Gasteiger partial charge in [0.2, 0.25) is 5.91 Å². The maximum absolute atomic E-state index is 11.8. The smallest absolute Gasteiger partial charge is 0.303 e. The van der Waals surface area contributed by atoms with Gasteiger partial charge in [-0.05, 0) is 38.6 Å². The van der Waals surface area contributed by atoms with Crippen molar-refractivity contribution in [2.24, 2.45) is 0 Å². The maximum Gasteiger partial charge on any atom is 0.303 e. The Hall–Kier alpha value is -1.10. The molecular formula is C14H24N2O3. The molecule has 2 aliphatic heterocycles. The number of hydrogen-bond acceptors (Lipinski definition) is 3. The molecule has 2 N–H and O–H groups in total. The molecule has 0 aromatic carbocycles. The third kappa shape index (κ3) is 4.20. The molecule has 0 radical (unpaired) electrons. The molecule has 0 saturated carbocycles. The predicted molar refractivity (Wildman–Crippen MR) is 71.9 cm³/mol. The van der Waals surface area contributed by atoms with E-state index >= 15 is 0 Å². The van der Waals surface area contributed by atoms with Gasteiger partial charge in [-0.1, -0.05) is 6.42 Å². The number of rotatable bonds is 6. The molecule has 0 aliphatic carbocycles. The van der Waals surface area contributed by atoms with Gasteiger partial charge in [0.25, 0.3) is 0 Å². The molecule has 5 nitrogen and oxygen atoms in total. The minimum atomic E-state index is -0.783. The topological polar surface area (TPSA) is 69.6 Å². The van der Waals surface area contributed by atoms with Crippen LogP contribution in [0.4, 0.5) is 0 Å². The highest BCUT2D eigenvalue weighted by Crippen LogP contribution is 2.27. The highest BCUT2D eigenvalue weighted by atomic mass is 16.4. The number of carbonyl (C=O) groups excluding carboxylic acids is 1. The van der Waals surface area contributed by atoms with E-state index in [1.807, 2.05) is 0 Å². The Balaban J connectivity index is 1.66. The number of unbranched alkanes of at least 4 members (excludes halogenated alkanes) is 1. The van der Waals surface area contributed by atoms with Crippen molar-refractivity contribution in [2.75, 3.05) is 13.1 Å². The zero-order valence-electron chi connectivity index (χ0n) is 11.4. The summed E-state index contributed by atoms with van der Waals surface area (Å²) in [5.41, 5.74) is 0. The van der Waals surface area contributed by atoms with E-state index < -0.39 is 5.97 Å². The van der Waals surface area contributed by atoms with Crippen molar-refractivity contribution in [3.05, 3.63) is 0 Å². The Kier molecular flexibility index (Phi) is 5.19. The fourth-order valence-corrected chi connectivity index (χ4v) is 3.26. The van der Waals surface area contributed by atoms with Crippen LogP contribution in [0.3, 0.4) is 0 Å². The lowest BCUT2D eigenvalue weighted by molar-refractivity contribution is -0.137. The Morgan fingerprint density at radius 3 is 2.68 bits per heavy atom. The van der Waals surface area contributed by atoms with Crippen molar-refractivity contribution in [3.8, 4) is 0 Å². The molecule has 2 fully saturated rings. The molecule has 19 heavy (non-hydrogen) atoms. The number of piperidine rings is 1.